The number of halogens is 2. The molecule has 1 saturated heterocycles. The number of hydrogen-bond acceptors (Lipinski definition) is 6. The molecule has 0 spiro atoms. The van der Waals surface area contributed by atoms with Gasteiger partial charge in [0.15, 0.2) is 0 Å². The average molecular weight is 478 g/mol. The molecule has 3 amide bonds. The number of rotatable bonds is 8. The first-order chi connectivity index (χ1) is 16.3. The Hall–Kier alpha value is -3.47. The third-order valence-corrected chi connectivity index (χ3v) is 5.26. The van der Waals surface area contributed by atoms with E-state index in [0.717, 1.165) is 11.3 Å². The van der Waals surface area contributed by atoms with Crippen LogP contribution in [0.3, 0.4) is 0 Å². The minimum Gasteiger partial charge on any atom is -0.450 e. The fourth-order valence-electron chi connectivity index (χ4n) is 3.52. The summed E-state index contributed by atoms with van der Waals surface area (Å²) in [6, 6.07) is 7.98. The van der Waals surface area contributed by atoms with Crippen LogP contribution in [0.4, 0.5) is 24.1 Å². The molecule has 2 aromatic rings. The molecule has 1 fully saturated rings. The summed E-state index contributed by atoms with van der Waals surface area (Å²) in [6.45, 7) is 3.65. The number of urea groups is 1. The first kappa shape index (κ1) is 25.2. The predicted octanol–water partition coefficient (Wildman–Crippen LogP) is 3.59. The van der Waals surface area contributed by atoms with Crippen molar-refractivity contribution < 1.29 is 27.8 Å². The maximum atomic E-state index is 12.9. The zero-order valence-corrected chi connectivity index (χ0v) is 19.2. The van der Waals surface area contributed by atoms with E-state index in [1.807, 2.05) is 6.92 Å². The molecule has 0 aliphatic carbocycles. The average Bonchev–Trinajstić information content (AvgIpc) is 2.81. The number of carbonyl (C=O) groups is 2. The van der Waals surface area contributed by atoms with Crippen LogP contribution in [0.1, 0.15) is 23.7 Å². The Morgan fingerprint density at radius 3 is 2.56 bits per heavy atom. The predicted molar refractivity (Wildman–Crippen MR) is 122 cm³/mol. The number of amides is 3. The minimum absolute atomic E-state index is 0.0850. The fraction of sp³-hybridized carbons (Fsp3) is 0.435. The van der Waals surface area contributed by atoms with E-state index in [1.165, 1.54) is 6.07 Å². The van der Waals surface area contributed by atoms with Crippen molar-refractivity contribution in [3.8, 4) is 5.75 Å². The van der Waals surface area contributed by atoms with Crippen molar-refractivity contribution in [2.45, 2.75) is 33.5 Å². The molecule has 9 nitrogen and oxygen atoms in total. The number of pyridine rings is 1. The highest BCUT2D eigenvalue weighted by molar-refractivity contribution is 5.88. The van der Waals surface area contributed by atoms with Gasteiger partial charge in [-0.15, -0.1) is 0 Å². The van der Waals surface area contributed by atoms with Crippen LogP contribution in [-0.4, -0.2) is 66.3 Å². The summed E-state index contributed by atoms with van der Waals surface area (Å²) >= 11 is 0. The number of alkyl halides is 2. The summed E-state index contributed by atoms with van der Waals surface area (Å²) in [5.74, 6) is 0.0850. The molecule has 1 aromatic carbocycles. The number of carbonyl (C=O) groups excluding carboxylic acids is 2. The van der Waals surface area contributed by atoms with Gasteiger partial charge in [0.2, 0.25) is 0 Å². The molecule has 34 heavy (non-hydrogen) atoms. The lowest BCUT2D eigenvalue weighted by Gasteiger charge is -2.34. The van der Waals surface area contributed by atoms with Crippen LogP contribution >= 0.6 is 0 Å². The van der Waals surface area contributed by atoms with Crippen LogP contribution in [0.15, 0.2) is 36.5 Å². The fourth-order valence-corrected chi connectivity index (χ4v) is 3.52. The number of benzene rings is 1. The van der Waals surface area contributed by atoms with E-state index < -0.39 is 12.6 Å². The number of nitrogens with one attached hydrogen (secondary N) is 2. The van der Waals surface area contributed by atoms with Crippen molar-refractivity contribution in [2.24, 2.45) is 0 Å². The Kier molecular flexibility index (Phi) is 8.97. The monoisotopic (exact) mass is 477 g/mol. The van der Waals surface area contributed by atoms with Crippen LogP contribution in [-0.2, 0) is 17.8 Å². The van der Waals surface area contributed by atoms with Gasteiger partial charge in [-0.3, -0.25) is 9.88 Å². The second kappa shape index (κ2) is 12.1. The van der Waals surface area contributed by atoms with Gasteiger partial charge in [-0.1, -0.05) is 6.07 Å². The van der Waals surface area contributed by atoms with E-state index in [9.17, 15) is 18.4 Å². The molecule has 1 aliphatic rings. The van der Waals surface area contributed by atoms with Crippen molar-refractivity contribution in [2.75, 3.05) is 38.1 Å². The summed E-state index contributed by atoms with van der Waals surface area (Å²) in [7, 11) is 0. The smallest absolute Gasteiger partial charge is 0.409 e. The van der Waals surface area contributed by atoms with E-state index >= 15 is 0 Å². The molecule has 1 aliphatic heterocycles. The second-order valence-corrected chi connectivity index (χ2v) is 7.78. The molecule has 0 unspecified atom stereocenters. The van der Waals surface area contributed by atoms with E-state index in [4.69, 9.17) is 9.47 Å². The van der Waals surface area contributed by atoms with Crippen LogP contribution in [0.5, 0.6) is 5.75 Å². The summed E-state index contributed by atoms with van der Waals surface area (Å²) in [5.41, 5.74) is 2.71. The molecule has 0 bridgehead atoms. The highest BCUT2D eigenvalue weighted by Crippen LogP contribution is 2.24. The van der Waals surface area contributed by atoms with Crippen LogP contribution in [0, 0.1) is 6.92 Å². The lowest BCUT2D eigenvalue weighted by atomic mass is 10.1. The molecule has 1 aromatic heterocycles. The highest BCUT2D eigenvalue weighted by Gasteiger charge is 2.23. The topological polar surface area (TPSA) is 96.0 Å². The van der Waals surface area contributed by atoms with Gasteiger partial charge >= 0.3 is 18.7 Å². The van der Waals surface area contributed by atoms with Gasteiger partial charge in [-0.05, 0) is 43.7 Å². The SMILES string of the molecule is CCOC(=O)N1CCN(Cc2cc(CNC(=O)Nc3ccc(C)nc3)ccc2OC(F)F)CC1. The first-order valence-corrected chi connectivity index (χ1v) is 11.0. The van der Waals surface area contributed by atoms with Crippen molar-refractivity contribution in [3.05, 3.63) is 53.3 Å². The molecule has 3 rings (SSSR count). The molecule has 0 saturated carbocycles. The number of nitrogens with zero attached hydrogens (tertiary/aromatic N) is 3. The number of ether oxygens (including phenoxy) is 2. The Labute approximate surface area is 197 Å². The third-order valence-electron chi connectivity index (χ3n) is 5.26. The highest BCUT2D eigenvalue weighted by atomic mass is 19.3. The zero-order valence-electron chi connectivity index (χ0n) is 19.2. The standard InChI is InChI=1S/C23H29F2N5O4/c1-3-33-23(32)30-10-8-29(9-11-30)15-18-12-17(5-7-20(18)34-21(24)25)13-27-22(31)28-19-6-4-16(2)26-14-19/h4-7,12,14,21H,3,8-11,13,15H2,1-2H3,(H2,27,28,31). The summed E-state index contributed by atoms with van der Waals surface area (Å²) in [5, 5.41) is 5.44. The van der Waals surface area contributed by atoms with Crippen molar-refractivity contribution in [3.63, 3.8) is 0 Å². The maximum absolute atomic E-state index is 12.9. The third kappa shape index (κ3) is 7.55. The number of anilines is 1. The normalized spacial score (nSPS) is 14.1. The quantitative estimate of drug-likeness (QED) is 0.603. The van der Waals surface area contributed by atoms with Gasteiger partial charge < -0.3 is 25.0 Å². The maximum Gasteiger partial charge on any atom is 0.409 e. The number of piperazine rings is 1. The largest absolute Gasteiger partial charge is 0.450 e. The van der Waals surface area contributed by atoms with Crippen LogP contribution < -0.4 is 15.4 Å². The molecule has 2 heterocycles. The van der Waals surface area contributed by atoms with Crippen molar-refractivity contribution in [1.82, 2.24) is 20.1 Å². The Bertz CT molecular complexity index is 966. The van der Waals surface area contributed by atoms with E-state index in [2.05, 4.69) is 20.5 Å². The molecule has 184 valence electrons. The number of aryl methyl sites for hydroxylation is 1. The van der Waals surface area contributed by atoms with Gasteiger partial charge in [0.25, 0.3) is 0 Å². The molecular weight excluding hydrogens is 448 g/mol. The number of aromatic nitrogens is 1. The second-order valence-electron chi connectivity index (χ2n) is 7.78. The van der Waals surface area contributed by atoms with Gasteiger partial charge in [0.1, 0.15) is 5.75 Å². The van der Waals surface area contributed by atoms with Gasteiger partial charge in [0.05, 0.1) is 18.5 Å². The summed E-state index contributed by atoms with van der Waals surface area (Å²) in [6.07, 6.45) is 1.21. The van der Waals surface area contributed by atoms with Gasteiger partial charge in [-0.25, -0.2) is 9.59 Å². The summed E-state index contributed by atoms with van der Waals surface area (Å²) in [4.78, 5) is 31.9. The summed E-state index contributed by atoms with van der Waals surface area (Å²) < 4.78 is 35.5. The molecular formula is C23H29F2N5O4. The van der Waals surface area contributed by atoms with Gasteiger partial charge in [-0.2, -0.15) is 8.78 Å². The minimum atomic E-state index is -2.95. The zero-order chi connectivity index (χ0) is 24.5. The van der Waals surface area contributed by atoms with E-state index in [-0.39, 0.29) is 18.4 Å². The van der Waals surface area contributed by atoms with Crippen LogP contribution in [0.25, 0.3) is 0 Å². The van der Waals surface area contributed by atoms with Crippen LogP contribution in [0.2, 0.25) is 0 Å². The molecule has 0 radical (unpaired) electrons. The Morgan fingerprint density at radius 1 is 1.15 bits per heavy atom. The van der Waals surface area contributed by atoms with E-state index in [1.54, 1.807) is 42.3 Å². The number of hydrogen-bond donors (Lipinski definition) is 2. The Morgan fingerprint density at radius 2 is 1.91 bits per heavy atom. The molecule has 2 N–H and O–H groups in total. The van der Waals surface area contributed by atoms with E-state index in [0.29, 0.717) is 50.6 Å². The Balaban J connectivity index is 1.60. The van der Waals surface area contributed by atoms with Crippen molar-refractivity contribution in [1.29, 1.82) is 0 Å². The molecule has 0 atom stereocenters. The van der Waals surface area contributed by atoms with Gasteiger partial charge in [0, 0.05) is 50.5 Å². The van der Waals surface area contributed by atoms with Crippen molar-refractivity contribution >= 4 is 17.8 Å². The lowest BCUT2D eigenvalue weighted by Crippen LogP contribution is -2.48. The lowest BCUT2D eigenvalue weighted by molar-refractivity contribution is -0.0509. The first-order valence-electron chi connectivity index (χ1n) is 11.0. The molecule has 11 heteroatoms.